The zero-order valence-electron chi connectivity index (χ0n) is 29.0. The second-order valence-electron chi connectivity index (χ2n) is 11.8. The lowest BCUT2D eigenvalue weighted by Gasteiger charge is -2.14. The predicted molar refractivity (Wildman–Crippen MR) is 201 cm³/mol. The number of phenols is 3. The van der Waals surface area contributed by atoms with Crippen molar-refractivity contribution < 1.29 is 84.6 Å². The molecule has 5 rings (SSSR count). The molecule has 0 bridgehead atoms. The molecule has 0 aliphatic heterocycles. The van der Waals surface area contributed by atoms with Crippen LogP contribution in [0, 0.1) is 0 Å². The van der Waals surface area contributed by atoms with Crippen LogP contribution < -0.4 is 5.32 Å². The highest BCUT2D eigenvalue weighted by Gasteiger charge is 2.27. The topological polar surface area (TPSA) is 400 Å². The number of azo groups is 2. The monoisotopic (exact) mass is 919 g/mol. The van der Waals surface area contributed by atoms with Gasteiger partial charge in [-0.15, -0.1) is 15.3 Å². The largest absolute Gasteiger partial charge is 0.506 e. The zero-order valence-corrected chi connectivity index (χ0v) is 33.1. The van der Waals surface area contributed by atoms with Crippen molar-refractivity contribution in [2.45, 2.75) is 26.5 Å². The molecule has 0 heterocycles. The standard InChI is InChI=1S/C30H25N5O19S5/c1-14(36)31-22-12-19(56(42,43)44)9-16-11-25(58(48,49)50)28(30(39)26(16)22)34-32-17-2-4-20-15(8-17)10-24(57(45,46)47)27(29(20)38)35-33-21-5-3-18(13-23(21)37)55(40,41)7-6-54-59(51,52)53/h2-5,8-13,37-39H,6-7H2,1H3,(H,31,36)(H,42,43,44)(H,45,46,47)(H,48,49,50)(H,51,52,53). The number of aromatic hydroxyl groups is 3. The SMILES string of the molecule is CC(=O)Nc1cc(S(=O)(=O)O)cc2cc(S(=O)(=O)O)c(N=Nc3ccc4c(O)c(N=Nc5ccc(S(=O)(=O)CCOS(=O)(=O)O)cc5O)c(S(=O)(=O)O)cc4c3)c(O)c12. The van der Waals surface area contributed by atoms with E-state index >= 15 is 0 Å². The minimum absolute atomic E-state index is 0.176. The van der Waals surface area contributed by atoms with Gasteiger partial charge in [-0.3, -0.25) is 23.0 Å². The Morgan fingerprint density at radius 1 is 0.644 bits per heavy atom. The molecule has 0 atom stereocenters. The molecule has 0 aromatic heterocycles. The molecular weight excluding hydrogens is 895 g/mol. The average Bonchev–Trinajstić information content (AvgIpc) is 3.08. The maximum atomic E-state index is 12.5. The van der Waals surface area contributed by atoms with Gasteiger partial charge < -0.3 is 20.6 Å². The first-order chi connectivity index (χ1) is 27.1. The van der Waals surface area contributed by atoms with Crippen molar-refractivity contribution in [3.05, 3.63) is 60.7 Å². The summed E-state index contributed by atoms with van der Waals surface area (Å²) in [4.78, 5) is 8.31. The second-order valence-corrected chi connectivity index (χ2v) is 19.2. The van der Waals surface area contributed by atoms with Gasteiger partial charge in [0.15, 0.2) is 21.3 Å². The molecule has 0 spiro atoms. The second kappa shape index (κ2) is 15.8. The lowest BCUT2D eigenvalue weighted by atomic mass is 10.1. The van der Waals surface area contributed by atoms with Gasteiger partial charge in [0, 0.05) is 23.8 Å². The summed E-state index contributed by atoms with van der Waals surface area (Å²) in [6.07, 6.45) is 0. The first-order valence-corrected chi connectivity index (χ1v) is 22.7. The number of carbonyl (C=O) groups is 1. The minimum Gasteiger partial charge on any atom is -0.506 e. The van der Waals surface area contributed by atoms with Gasteiger partial charge in [-0.05, 0) is 65.4 Å². The van der Waals surface area contributed by atoms with Crippen LogP contribution in [0.25, 0.3) is 21.5 Å². The smallest absolute Gasteiger partial charge is 0.397 e. The maximum absolute atomic E-state index is 12.5. The average molecular weight is 920 g/mol. The Hall–Kier alpha value is -5.76. The Kier molecular flexibility index (Phi) is 11.9. The van der Waals surface area contributed by atoms with Crippen LogP contribution in [0.1, 0.15) is 6.92 Å². The molecule has 5 aromatic rings. The van der Waals surface area contributed by atoms with Gasteiger partial charge in [-0.1, -0.05) is 0 Å². The maximum Gasteiger partial charge on any atom is 0.397 e. The highest BCUT2D eigenvalue weighted by Crippen LogP contribution is 2.46. The summed E-state index contributed by atoms with van der Waals surface area (Å²) in [5, 5.41) is 48.4. The van der Waals surface area contributed by atoms with Crippen LogP contribution in [0.5, 0.6) is 17.2 Å². The minimum atomic E-state index is -5.28. The van der Waals surface area contributed by atoms with Crippen molar-refractivity contribution in [1.29, 1.82) is 0 Å². The molecule has 0 radical (unpaired) electrons. The molecule has 5 aromatic carbocycles. The highest BCUT2D eigenvalue weighted by atomic mass is 32.3. The van der Waals surface area contributed by atoms with E-state index in [0.29, 0.717) is 12.1 Å². The molecule has 0 unspecified atom stereocenters. The number of fused-ring (bicyclic) bond motifs is 2. The molecule has 0 saturated carbocycles. The number of nitrogens with zero attached hydrogens (tertiary/aromatic N) is 4. The number of amides is 1. The van der Waals surface area contributed by atoms with E-state index in [2.05, 4.69) is 30.0 Å². The van der Waals surface area contributed by atoms with Gasteiger partial charge in [0.25, 0.3) is 30.4 Å². The lowest BCUT2D eigenvalue weighted by Crippen LogP contribution is -2.15. The third-order valence-electron chi connectivity index (χ3n) is 7.74. The van der Waals surface area contributed by atoms with Crippen LogP contribution in [0.15, 0.2) is 101 Å². The van der Waals surface area contributed by atoms with Crippen LogP contribution >= 0.6 is 0 Å². The van der Waals surface area contributed by atoms with Gasteiger partial charge in [0.2, 0.25) is 5.91 Å². The molecule has 8 N–H and O–H groups in total. The van der Waals surface area contributed by atoms with Crippen molar-refractivity contribution in [3.8, 4) is 17.2 Å². The van der Waals surface area contributed by atoms with E-state index < -0.39 is 139 Å². The molecule has 29 heteroatoms. The Balaban J connectivity index is 1.58. The normalized spacial score (nSPS) is 13.2. The first kappa shape index (κ1) is 44.3. The number of hydrogen-bond acceptors (Lipinski definition) is 19. The first-order valence-electron chi connectivity index (χ1n) is 15.4. The summed E-state index contributed by atoms with van der Waals surface area (Å²) in [5.41, 5.74) is -2.99. The fraction of sp³-hybridized carbons (Fsp3) is 0.100. The number of phenolic OH excluding ortho intramolecular Hbond substituents is 3. The van der Waals surface area contributed by atoms with E-state index in [4.69, 9.17) is 4.55 Å². The van der Waals surface area contributed by atoms with Crippen LogP contribution in [0.4, 0.5) is 28.4 Å². The van der Waals surface area contributed by atoms with Crippen LogP contribution in [0.3, 0.4) is 0 Å². The molecule has 59 heavy (non-hydrogen) atoms. The van der Waals surface area contributed by atoms with Crippen LogP contribution in [-0.4, -0.2) is 93.9 Å². The molecule has 1 amide bonds. The van der Waals surface area contributed by atoms with Gasteiger partial charge in [0.05, 0.1) is 33.5 Å². The number of nitrogens with one attached hydrogen (secondary N) is 1. The Morgan fingerprint density at radius 2 is 1.24 bits per heavy atom. The predicted octanol–water partition coefficient (Wildman–Crippen LogP) is 4.23. The van der Waals surface area contributed by atoms with Gasteiger partial charge in [-0.25, -0.2) is 12.6 Å². The Morgan fingerprint density at radius 3 is 1.80 bits per heavy atom. The van der Waals surface area contributed by atoms with E-state index in [0.717, 1.165) is 55.5 Å². The summed E-state index contributed by atoms with van der Waals surface area (Å²) in [7, 11) is -24.7. The number of benzene rings is 5. The van der Waals surface area contributed by atoms with Gasteiger partial charge in [0.1, 0.15) is 32.6 Å². The van der Waals surface area contributed by atoms with E-state index in [-0.39, 0.29) is 16.5 Å². The van der Waals surface area contributed by atoms with Crippen molar-refractivity contribution >= 4 is 106 Å². The summed E-state index contributed by atoms with van der Waals surface area (Å²) in [5.74, 6) is -4.56. The van der Waals surface area contributed by atoms with Crippen molar-refractivity contribution in [3.63, 3.8) is 0 Å². The third-order valence-corrected chi connectivity index (χ3v) is 12.4. The van der Waals surface area contributed by atoms with E-state index in [1.165, 1.54) is 0 Å². The molecular formula is C30H25N5O19S5. The quantitative estimate of drug-likeness (QED) is 0.0605. The van der Waals surface area contributed by atoms with Gasteiger partial charge in [-0.2, -0.15) is 38.8 Å². The summed E-state index contributed by atoms with van der Waals surface area (Å²) < 4.78 is 162. The molecule has 314 valence electrons. The van der Waals surface area contributed by atoms with Crippen molar-refractivity contribution in [2.75, 3.05) is 17.7 Å². The highest BCUT2D eigenvalue weighted by molar-refractivity contribution is 7.91. The fourth-order valence-electron chi connectivity index (χ4n) is 5.24. The number of carbonyl (C=O) groups excluding carboxylic acids is 1. The molecule has 0 aliphatic carbocycles. The fourth-order valence-corrected chi connectivity index (χ4v) is 8.61. The molecule has 0 saturated heterocycles. The third kappa shape index (κ3) is 10.1. The number of anilines is 1. The Labute approximate surface area is 332 Å². The molecule has 0 fully saturated rings. The van der Waals surface area contributed by atoms with E-state index in [9.17, 15) is 75.9 Å². The summed E-state index contributed by atoms with van der Waals surface area (Å²) >= 11 is 0. The van der Waals surface area contributed by atoms with Gasteiger partial charge >= 0.3 is 10.4 Å². The molecule has 24 nitrogen and oxygen atoms in total. The Bertz CT molecular complexity index is 3250. The van der Waals surface area contributed by atoms with Crippen LogP contribution in [0.2, 0.25) is 0 Å². The summed E-state index contributed by atoms with van der Waals surface area (Å²) in [6.45, 7) is 0.0393. The zero-order chi connectivity index (χ0) is 44.0. The van der Waals surface area contributed by atoms with E-state index in [1.54, 1.807) is 0 Å². The number of sulfone groups is 1. The molecule has 0 aliphatic rings. The van der Waals surface area contributed by atoms with Crippen molar-refractivity contribution in [2.24, 2.45) is 20.5 Å². The summed E-state index contributed by atoms with van der Waals surface area (Å²) in [6, 6.07) is 8.67. The number of rotatable bonds is 13. The lowest BCUT2D eigenvalue weighted by molar-refractivity contribution is -0.114. The van der Waals surface area contributed by atoms with E-state index in [1.807, 2.05) is 0 Å². The van der Waals surface area contributed by atoms with Crippen LogP contribution in [-0.2, 0) is 59.6 Å². The van der Waals surface area contributed by atoms with Crippen molar-refractivity contribution in [1.82, 2.24) is 0 Å². The number of hydrogen-bond donors (Lipinski definition) is 8.